The van der Waals surface area contributed by atoms with Gasteiger partial charge in [-0.15, -0.1) is 0 Å². The number of likely N-dealkylation sites (tertiary alicyclic amines) is 1. The lowest BCUT2D eigenvalue weighted by molar-refractivity contribution is -0.127. The van der Waals surface area contributed by atoms with E-state index >= 15 is 0 Å². The van der Waals surface area contributed by atoms with Crippen molar-refractivity contribution in [2.24, 2.45) is 5.92 Å². The monoisotopic (exact) mass is 434 g/mol. The van der Waals surface area contributed by atoms with Gasteiger partial charge in [0.15, 0.2) is 0 Å². The van der Waals surface area contributed by atoms with Crippen molar-refractivity contribution in [3.63, 3.8) is 0 Å². The van der Waals surface area contributed by atoms with E-state index in [9.17, 15) is 4.79 Å². The Labute approximate surface area is 188 Å². The number of hydrogen-bond donors (Lipinski definition) is 1. The second kappa shape index (κ2) is 10.4. The fraction of sp³-hybridized carbons (Fsp3) is 0.400. The van der Waals surface area contributed by atoms with Crippen LogP contribution in [-0.2, 0) is 11.3 Å². The molecule has 0 aliphatic carbocycles. The molecule has 1 N–H and O–H groups in total. The normalized spacial score (nSPS) is 15.9. The molecule has 7 heteroatoms. The van der Waals surface area contributed by atoms with Crippen LogP contribution in [-0.4, -0.2) is 46.7 Å². The number of rotatable bonds is 8. The van der Waals surface area contributed by atoms with E-state index in [4.69, 9.17) is 9.26 Å². The fourth-order valence-corrected chi connectivity index (χ4v) is 3.82. The van der Waals surface area contributed by atoms with Crippen molar-refractivity contribution < 1.29 is 14.1 Å². The van der Waals surface area contributed by atoms with Gasteiger partial charge in [-0.3, -0.25) is 9.69 Å². The molecule has 1 atom stereocenters. The summed E-state index contributed by atoms with van der Waals surface area (Å²) in [5.74, 6) is 2.16. The van der Waals surface area contributed by atoms with Crippen LogP contribution in [0, 0.1) is 12.8 Å². The Balaban J connectivity index is 1.20. The van der Waals surface area contributed by atoms with Crippen molar-refractivity contribution in [3.8, 4) is 17.1 Å². The van der Waals surface area contributed by atoms with Gasteiger partial charge in [-0.2, -0.15) is 4.98 Å². The summed E-state index contributed by atoms with van der Waals surface area (Å²) in [5.41, 5.74) is 2.15. The van der Waals surface area contributed by atoms with Crippen molar-refractivity contribution in [1.29, 1.82) is 0 Å². The van der Waals surface area contributed by atoms with Crippen molar-refractivity contribution in [1.82, 2.24) is 20.4 Å². The van der Waals surface area contributed by atoms with E-state index in [0.717, 1.165) is 37.2 Å². The number of nitrogens with one attached hydrogen (secondary N) is 1. The molecule has 7 nitrogen and oxygen atoms in total. The molecule has 32 heavy (non-hydrogen) atoms. The molecule has 0 radical (unpaired) electrons. The topological polar surface area (TPSA) is 80.5 Å². The van der Waals surface area contributed by atoms with Crippen LogP contribution in [0.1, 0.15) is 31.2 Å². The van der Waals surface area contributed by atoms with Crippen molar-refractivity contribution in [2.45, 2.75) is 39.3 Å². The van der Waals surface area contributed by atoms with Crippen molar-refractivity contribution in [3.05, 3.63) is 66.1 Å². The molecule has 3 aromatic rings. The van der Waals surface area contributed by atoms with E-state index < -0.39 is 0 Å². The summed E-state index contributed by atoms with van der Waals surface area (Å²) < 4.78 is 11.2. The summed E-state index contributed by atoms with van der Waals surface area (Å²) in [5, 5.41) is 7.19. The van der Waals surface area contributed by atoms with Crippen LogP contribution >= 0.6 is 0 Å². The highest BCUT2D eigenvalue weighted by Gasteiger charge is 2.26. The number of amides is 1. The van der Waals surface area contributed by atoms with Gasteiger partial charge in [0.25, 0.3) is 0 Å². The number of aryl methyl sites for hydroxylation is 1. The summed E-state index contributed by atoms with van der Waals surface area (Å²) in [6, 6.07) is 17.7. The summed E-state index contributed by atoms with van der Waals surface area (Å²) in [6.07, 6.45) is 1.63. The highest BCUT2D eigenvalue weighted by Crippen LogP contribution is 2.21. The van der Waals surface area contributed by atoms with E-state index in [-0.39, 0.29) is 17.9 Å². The second-order valence-electron chi connectivity index (χ2n) is 8.46. The molecule has 1 aliphatic heterocycles. The van der Waals surface area contributed by atoms with E-state index in [1.54, 1.807) is 0 Å². The average molecular weight is 435 g/mol. The van der Waals surface area contributed by atoms with E-state index in [0.29, 0.717) is 24.9 Å². The number of carbonyl (C=O) groups is 1. The van der Waals surface area contributed by atoms with E-state index in [1.165, 1.54) is 5.56 Å². The number of benzene rings is 2. The zero-order valence-corrected chi connectivity index (χ0v) is 18.7. The third-order valence-electron chi connectivity index (χ3n) is 5.73. The first-order valence-electron chi connectivity index (χ1n) is 11.2. The first-order chi connectivity index (χ1) is 15.6. The van der Waals surface area contributed by atoms with Gasteiger partial charge in [-0.1, -0.05) is 53.2 Å². The van der Waals surface area contributed by atoms with Gasteiger partial charge in [0, 0.05) is 11.5 Å². The Kier molecular flexibility index (Phi) is 7.17. The van der Waals surface area contributed by atoms with Crippen LogP contribution in [0.15, 0.2) is 59.1 Å². The van der Waals surface area contributed by atoms with Gasteiger partial charge in [0.05, 0.1) is 12.6 Å². The Morgan fingerprint density at radius 2 is 1.88 bits per heavy atom. The predicted octanol–water partition coefficient (Wildman–Crippen LogP) is 3.84. The Morgan fingerprint density at radius 3 is 2.59 bits per heavy atom. The molecule has 2 heterocycles. The van der Waals surface area contributed by atoms with Crippen LogP contribution in [0.4, 0.5) is 0 Å². The highest BCUT2D eigenvalue weighted by atomic mass is 16.5. The molecular formula is C25H30N4O3. The zero-order valence-electron chi connectivity index (χ0n) is 18.7. The van der Waals surface area contributed by atoms with Crippen LogP contribution in [0.2, 0.25) is 0 Å². The molecule has 0 spiro atoms. The van der Waals surface area contributed by atoms with Gasteiger partial charge in [0.1, 0.15) is 12.4 Å². The molecule has 1 fully saturated rings. The molecule has 0 saturated carbocycles. The maximum absolute atomic E-state index is 12.6. The third-order valence-corrected chi connectivity index (χ3v) is 5.73. The minimum Gasteiger partial charge on any atom is -0.491 e. The molecule has 168 valence electrons. The molecule has 1 aromatic heterocycles. The largest absolute Gasteiger partial charge is 0.491 e. The lowest BCUT2D eigenvalue weighted by Gasteiger charge is -2.30. The van der Waals surface area contributed by atoms with Crippen LogP contribution in [0.5, 0.6) is 5.75 Å². The molecule has 0 bridgehead atoms. The van der Waals surface area contributed by atoms with E-state index in [2.05, 4.69) is 27.3 Å². The lowest BCUT2D eigenvalue weighted by atomic mass is 9.95. The number of hydrogen-bond acceptors (Lipinski definition) is 6. The van der Waals surface area contributed by atoms with Gasteiger partial charge in [0.2, 0.25) is 17.6 Å². The maximum Gasteiger partial charge on any atom is 0.241 e. The number of piperidine rings is 1. The summed E-state index contributed by atoms with van der Waals surface area (Å²) in [7, 11) is 0. The van der Waals surface area contributed by atoms with Crippen molar-refractivity contribution in [2.75, 3.05) is 19.7 Å². The zero-order chi connectivity index (χ0) is 22.3. The van der Waals surface area contributed by atoms with Gasteiger partial charge < -0.3 is 14.6 Å². The predicted molar refractivity (Wildman–Crippen MR) is 122 cm³/mol. The number of carbonyl (C=O) groups excluding carboxylic acids is 1. The quantitative estimate of drug-likeness (QED) is 0.580. The molecule has 1 amide bonds. The maximum atomic E-state index is 12.6. The number of nitrogens with zero attached hydrogens (tertiary/aromatic N) is 3. The van der Waals surface area contributed by atoms with Crippen LogP contribution in [0.3, 0.4) is 0 Å². The van der Waals surface area contributed by atoms with Gasteiger partial charge in [-0.05, 0) is 51.9 Å². The first kappa shape index (κ1) is 22.0. The van der Waals surface area contributed by atoms with E-state index in [1.807, 2.05) is 61.5 Å². The fourth-order valence-electron chi connectivity index (χ4n) is 3.82. The molecule has 1 unspecified atom stereocenters. The van der Waals surface area contributed by atoms with Gasteiger partial charge in [-0.25, -0.2) is 0 Å². The molecule has 1 saturated heterocycles. The molecular weight excluding hydrogens is 404 g/mol. The van der Waals surface area contributed by atoms with Crippen LogP contribution < -0.4 is 10.1 Å². The third kappa shape index (κ3) is 5.95. The lowest BCUT2D eigenvalue weighted by Crippen LogP contribution is -2.44. The van der Waals surface area contributed by atoms with Crippen molar-refractivity contribution >= 4 is 5.91 Å². The number of aromatic nitrogens is 2. The second-order valence-corrected chi connectivity index (χ2v) is 8.46. The van der Waals surface area contributed by atoms with Crippen LogP contribution in [0.25, 0.3) is 11.4 Å². The minimum atomic E-state index is -0.0423. The molecule has 1 aliphatic rings. The minimum absolute atomic E-state index is 0.0243. The Hall–Kier alpha value is -3.19. The molecule has 2 aromatic carbocycles. The SMILES string of the molecule is Cc1ccc(-c2noc(CN3CCC(C(=O)NC(C)COc4ccccc4)CC3)n2)cc1. The first-order valence-corrected chi connectivity index (χ1v) is 11.2. The Bertz CT molecular complexity index is 996. The summed E-state index contributed by atoms with van der Waals surface area (Å²) >= 11 is 0. The molecule has 4 rings (SSSR count). The smallest absolute Gasteiger partial charge is 0.241 e. The summed E-state index contributed by atoms with van der Waals surface area (Å²) in [4.78, 5) is 19.4. The standard InChI is InChI=1S/C25H30N4O3/c1-18-8-10-20(11-9-18)24-27-23(32-28-24)16-29-14-12-21(13-15-29)25(30)26-19(2)17-31-22-6-4-3-5-7-22/h3-11,19,21H,12-17H2,1-2H3,(H,26,30). The average Bonchev–Trinajstić information content (AvgIpc) is 3.28. The Morgan fingerprint density at radius 1 is 1.16 bits per heavy atom. The van der Waals surface area contributed by atoms with Gasteiger partial charge >= 0.3 is 0 Å². The number of para-hydroxylation sites is 1. The number of ether oxygens (including phenoxy) is 1. The summed E-state index contributed by atoms with van der Waals surface area (Å²) in [6.45, 7) is 6.74. The highest BCUT2D eigenvalue weighted by molar-refractivity contribution is 5.79.